The molecule has 1 aromatic carbocycles. The van der Waals surface area contributed by atoms with Crippen molar-refractivity contribution < 1.29 is 9.59 Å². The maximum absolute atomic E-state index is 12.7. The molecule has 1 saturated heterocycles. The molecule has 9 heteroatoms. The first kappa shape index (κ1) is 21.6. The van der Waals surface area contributed by atoms with E-state index in [2.05, 4.69) is 25.7 Å². The summed E-state index contributed by atoms with van der Waals surface area (Å²) in [5.74, 6) is 0.907. The fraction of sp³-hybridized carbons (Fsp3) is 0.391. The van der Waals surface area contributed by atoms with Crippen LogP contribution in [0.25, 0.3) is 11.4 Å². The van der Waals surface area contributed by atoms with Crippen molar-refractivity contribution in [2.75, 3.05) is 18.4 Å². The van der Waals surface area contributed by atoms with Gasteiger partial charge in [-0.15, -0.1) is 10.2 Å². The lowest BCUT2D eigenvalue weighted by molar-refractivity contribution is -0.134. The van der Waals surface area contributed by atoms with Gasteiger partial charge in [-0.05, 0) is 43.0 Å². The number of carbonyl (C=O) groups excluding carboxylic acids is 2. The number of amides is 2. The Balaban J connectivity index is 1.25. The molecule has 9 nitrogen and oxygen atoms in total. The number of anilines is 1. The molecule has 1 aliphatic heterocycles. The van der Waals surface area contributed by atoms with Crippen molar-refractivity contribution in [3.05, 3.63) is 54.2 Å². The standard InChI is InChI=1S/C23H27N7O2/c1-17-8-5-13-24-21(17)25-23(32)19-11-6-14-29(16-19)20(31)12-7-15-30-27-22(26-28-30)18-9-3-2-4-10-18/h2-5,8-10,13,19H,6-7,11-12,14-16H2,1H3,(H,24,25,32). The Morgan fingerprint density at radius 2 is 2.00 bits per heavy atom. The zero-order chi connectivity index (χ0) is 22.3. The summed E-state index contributed by atoms with van der Waals surface area (Å²) in [6.07, 6.45) is 4.24. The molecule has 2 amide bonds. The summed E-state index contributed by atoms with van der Waals surface area (Å²) in [5, 5.41) is 15.4. The fourth-order valence-corrected chi connectivity index (χ4v) is 3.82. The summed E-state index contributed by atoms with van der Waals surface area (Å²) in [5.41, 5.74) is 1.83. The van der Waals surface area contributed by atoms with E-state index < -0.39 is 0 Å². The molecule has 1 aliphatic rings. The fourth-order valence-electron chi connectivity index (χ4n) is 3.82. The number of carbonyl (C=O) groups is 2. The molecule has 3 aromatic rings. The number of piperidine rings is 1. The molecular formula is C23H27N7O2. The molecule has 1 N–H and O–H groups in total. The molecule has 0 bridgehead atoms. The number of rotatable bonds is 7. The second-order valence-electron chi connectivity index (χ2n) is 8.02. The van der Waals surface area contributed by atoms with Crippen molar-refractivity contribution >= 4 is 17.6 Å². The van der Waals surface area contributed by atoms with Crippen LogP contribution in [0, 0.1) is 12.8 Å². The topological polar surface area (TPSA) is 106 Å². The Morgan fingerprint density at radius 3 is 2.81 bits per heavy atom. The summed E-state index contributed by atoms with van der Waals surface area (Å²) in [6.45, 7) is 3.55. The van der Waals surface area contributed by atoms with Gasteiger partial charge in [-0.2, -0.15) is 4.80 Å². The van der Waals surface area contributed by atoms with Crippen molar-refractivity contribution in [3.8, 4) is 11.4 Å². The molecule has 4 rings (SSSR count). The Bertz CT molecular complexity index is 1070. The van der Waals surface area contributed by atoms with Crippen molar-refractivity contribution in [3.63, 3.8) is 0 Å². The van der Waals surface area contributed by atoms with Gasteiger partial charge in [0.05, 0.1) is 12.5 Å². The van der Waals surface area contributed by atoms with E-state index in [9.17, 15) is 9.59 Å². The van der Waals surface area contributed by atoms with Gasteiger partial charge in [0.1, 0.15) is 5.82 Å². The average molecular weight is 434 g/mol. The molecule has 0 saturated carbocycles. The van der Waals surface area contributed by atoms with Crippen LogP contribution < -0.4 is 5.32 Å². The minimum atomic E-state index is -0.223. The number of hydrogen-bond donors (Lipinski definition) is 1. The predicted molar refractivity (Wildman–Crippen MR) is 119 cm³/mol. The second-order valence-corrected chi connectivity index (χ2v) is 8.02. The van der Waals surface area contributed by atoms with Crippen molar-refractivity contribution in [1.29, 1.82) is 0 Å². The summed E-state index contributed by atoms with van der Waals surface area (Å²) in [7, 11) is 0. The van der Waals surface area contributed by atoms with Gasteiger partial charge in [-0.25, -0.2) is 4.98 Å². The zero-order valence-corrected chi connectivity index (χ0v) is 18.1. The largest absolute Gasteiger partial charge is 0.342 e. The number of aryl methyl sites for hydroxylation is 2. The van der Waals surface area contributed by atoms with Crippen LogP contribution in [-0.4, -0.2) is 55.0 Å². The molecule has 2 aromatic heterocycles. The molecule has 32 heavy (non-hydrogen) atoms. The molecular weight excluding hydrogens is 406 g/mol. The Hall–Kier alpha value is -3.62. The van der Waals surface area contributed by atoms with E-state index in [4.69, 9.17) is 0 Å². The minimum Gasteiger partial charge on any atom is -0.342 e. The number of benzene rings is 1. The Labute approximate surface area is 186 Å². The maximum atomic E-state index is 12.7. The van der Waals surface area contributed by atoms with Gasteiger partial charge in [-0.3, -0.25) is 9.59 Å². The SMILES string of the molecule is Cc1cccnc1NC(=O)C1CCCN(C(=O)CCCn2nnc(-c3ccccc3)n2)C1. The molecule has 3 heterocycles. The van der Waals surface area contributed by atoms with Gasteiger partial charge in [0, 0.05) is 31.3 Å². The highest BCUT2D eigenvalue weighted by Gasteiger charge is 2.28. The van der Waals surface area contributed by atoms with E-state index in [1.165, 1.54) is 4.80 Å². The van der Waals surface area contributed by atoms with Gasteiger partial charge in [-0.1, -0.05) is 36.4 Å². The predicted octanol–water partition coefficient (Wildman–Crippen LogP) is 2.70. The number of hydrogen-bond acceptors (Lipinski definition) is 6. The van der Waals surface area contributed by atoms with Gasteiger partial charge in [0.25, 0.3) is 0 Å². The quantitative estimate of drug-likeness (QED) is 0.614. The minimum absolute atomic E-state index is 0.0555. The second kappa shape index (κ2) is 10.1. The normalized spacial score (nSPS) is 16.0. The van der Waals surface area contributed by atoms with Crippen molar-refractivity contribution in [2.45, 2.75) is 39.2 Å². The number of aromatic nitrogens is 5. The highest BCUT2D eigenvalue weighted by Crippen LogP contribution is 2.20. The summed E-state index contributed by atoms with van der Waals surface area (Å²) >= 11 is 0. The average Bonchev–Trinajstić information content (AvgIpc) is 3.30. The van der Waals surface area contributed by atoms with E-state index in [1.807, 2.05) is 49.4 Å². The van der Waals surface area contributed by atoms with Crippen molar-refractivity contribution in [1.82, 2.24) is 30.1 Å². The lowest BCUT2D eigenvalue weighted by atomic mass is 9.96. The highest BCUT2D eigenvalue weighted by atomic mass is 16.2. The third kappa shape index (κ3) is 5.35. The van der Waals surface area contributed by atoms with E-state index in [-0.39, 0.29) is 17.7 Å². The van der Waals surface area contributed by atoms with E-state index in [0.29, 0.717) is 44.1 Å². The molecule has 166 valence electrons. The number of likely N-dealkylation sites (tertiary alicyclic amines) is 1. The van der Waals surface area contributed by atoms with E-state index in [0.717, 1.165) is 24.0 Å². The van der Waals surface area contributed by atoms with Crippen LogP contribution in [0.4, 0.5) is 5.82 Å². The summed E-state index contributed by atoms with van der Waals surface area (Å²) in [6, 6.07) is 13.4. The summed E-state index contributed by atoms with van der Waals surface area (Å²) < 4.78 is 0. The molecule has 0 spiro atoms. The van der Waals surface area contributed by atoms with Gasteiger partial charge in [0.2, 0.25) is 17.6 Å². The summed E-state index contributed by atoms with van der Waals surface area (Å²) in [4.78, 5) is 32.9. The van der Waals surface area contributed by atoms with Crippen LogP contribution in [0.5, 0.6) is 0 Å². The van der Waals surface area contributed by atoms with Crippen LogP contribution in [0.1, 0.15) is 31.2 Å². The first-order chi connectivity index (χ1) is 15.6. The molecule has 1 fully saturated rings. The van der Waals surface area contributed by atoms with E-state index >= 15 is 0 Å². The highest BCUT2D eigenvalue weighted by molar-refractivity contribution is 5.92. The van der Waals surface area contributed by atoms with E-state index in [1.54, 1.807) is 11.1 Å². The third-order valence-electron chi connectivity index (χ3n) is 5.63. The maximum Gasteiger partial charge on any atom is 0.230 e. The third-order valence-corrected chi connectivity index (χ3v) is 5.63. The molecule has 0 aliphatic carbocycles. The zero-order valence-electron chi connectivity index (χ0n) is 18.1. The number of tetrazole rings is 1. The first-order valence-corrected chi connectivity index (χ1v) is 10.9. The van der Waals surface area contributed by atoms with Crippen LogP contribution in [0.15, 0.2) is 48.7 Å². The van der Waals surface area contributed by atoms with Crippen LogP contribution in [-0.2, 0) is 16.1 Å². The lowest BCUT2D eigenvalue weighted by Gasteiger charge is -2.32. The Morgan fingerprint density at radius 1 is 1.16 bits per heavy atom. The molecule has 1 unspecified atom stereocenters. The molecule has 0 radical (unpaired) electrons. The van der Waals surface area contributed by atoms with Crippen LogP contribution in [0.2, 0.25) is 0 Å². The lowest BCUT2D eigenvalue weighted by Crippen LogP contribution is -2.43. The Kier molecular flexibility index (Phi) is 6.84. The number of nitrogens with zero attached hydrogens (tertiary/aromatic N) is 6. The van der Waals surface area contributed by atoms with Crippen molar-refractivity contribution in [2.24, 2.45) is 5.92 Å². The van der Waals surface area contributed by atoms with Gasteiger partial charge < -0.3 is 10.2 Å². The van der Waals surface area contributed by atoms with Crippen LogP contribution >= 0.6 is 0 Å². The van der Waals surface area contributed by atoms with Crippen LogP contribution in [0.3, 0.4) is 0 Å². The monoisotopic (exact) mass is 433 g/mol. The van der Waals surface area contributed by atoms with Gasteiger partial charge in [0.15, 0.2) is 0 Å². The van der Waals surface area contributed by atoms with Gasteiger partial charge >= 0.3 is 0 Å². The number of nitrogens with one attached hydrogen (secondary N) is 1. The number of pyridine rings is 1. The smallest absolute Gasteiger partial charge is 0.230 e. The first-order valence-electron chi connectivity index (χ1n) is 10.9. The molecule has 1 atom stereocenters.